The molecule has 0 aliphatic carbocycles. The van der Waals surface area contributed by atoms with Gasteiger partial charge < -0.3 is 10.0 Å². The average molecular weight is 289 g/mol. The topological polar surface area (TPSA) is 57.6 Å². The lowest BCUT2D eigenvalue weighted by atomic mass is 9.92. The maximum atomic E-state index is 12.5. The molecule has 0 aromatic heterocycles. The van der Waals surface area contributed by atoms with E-state index in [4.69, 9.17) is 0 Å². The second kappa shape index (κ2) is 5.88. The summed E-state index contributed by atoms with van der Waals surface area (Å²) in [4.78, 5) is 25.5. The van der Waals surface area contributed by atoms with Crippen molar-refractivity contribution in [1.29, 1.82) is 0 Å². The number of carbonyl (C=O) groups is 2. The van der Waals surface area contributed by atoms with Gasteiger partial charge in [-0.2, -0.15) is 0 Å². The smallest absolute Gasteiger partial charge is 0.329 e. The van der Waals surface area contributed by atoms with Crippen LogP contribution in [-0.4, -0.2) is 34.0 Å². The minimum Gasteiger partial charge on any atom is -0.480 e. The Hall–Kier alpha value is -1.84. The number of likely N-dealkylation sites (tertiary alicyclic amines) is 1. The van der Waals surface area contributed by atoms with Crippen molar-refractivity contribution < 1.29 is 14.7 Å². The van der Waals surface area contributed by atoms with E-state index >= 15 is 0 Å². The lowest BCUT2D eigenvalue weighted by Crippen LogP contribution is -2.51. The van der Waals surface area contributed by atoms with Crippen LogP contribution in [-0.2, 0) is 9.59 Å². The van der Waals surface area contributed by atoms with E-state index in [1.54, 1.807) is 11.8 Å². The van der Waals surface area contributed by atoms with Gasteiger partial charge in [-0.3, -0.25) is 4.79 Å². The summed E-state index contributed by atoms with van der Waals surface area (Å²) < 4.78 is 0. The van der Waals surface area contributed by atoms with Gasteiger partial charge in [0.25, 0.3) is 0 Å². The first-order valence-corrected chi connectivity index (χ1v) is 7.45. The van der Waals surface area contributed by atoms with Crippen molar-refractivity contribution in [2.24, 2.45) is 0 Å². The van der Waals surface area contributed by atoms with Gasteiger partial charge in [0.15, 0.2) is 0 Å². The van der Waals surface area contributed by atoms with Crippen LogP contribution in [0.25, 0.3) is 0 Å². The molecule has 2 atom stereocenters. The highest BCUT2D eigenvalue weighted by atomic mass is 16.4. The molecule has 1 aromatic rings. The van der Waals surface area contributed by atoms with Crippen LogP contribution >= 0.6 is 0 Å². The van der Waals surface area contributed by atoms with Crippen molar-refractivity contribution in [3.63, 3.8) is 0 Å². The van der Waals surface area contributed by atoms with Crippen molar-refractivity contribution in [1.82, 2.24) is 4.90 Å². The standard InChI is InChI=1S/C17H23NO3/c1-12-7-4-5-8-14(12)13(2)11-15(19)18-10-6-9-17(18,3)16(20)21/h4-5,7-8,13H,6,9-11H2,1-3H3,(H,20,21). The van der Waals surface area contributed by atoms with Crippen LogP contribution in [0.3, 0.4) is 0 Å². The van der Waals surface area contributed by atoms with E-state index in [0.717, 1.165) is 12.0 Å². The van der Waals surface area contributed by atoms with Crippen LogP contribution in [0.2, 0.25) is 0 Å². The second-order valence-electron chi connectivity index (χ2n) is 6.19. The summed E-state index contributed by atoms with van der Waals surface area (Å²) >= 11 is 0. The number of carboxylic acid groups (broad SMARTS) is 1. The van der Waals surface area contributed by atoms with Gasteiger partial charge in [0.1, 0.15) is 5.54 Å². The molecular formula is C17H23NO3. The minimum atomic E-state index is -1.04. The van der Waals surface area contributed by atoms with Crippen LogP contribution in [0.15, 0.2) is 24.3 Å². The average Bonchev–Trinajstić information content (AvgIpc) is 2.82. The Balaban J connectivity index is 2.11. The molecule has 1 amide bonds. The first kappa shape index (κ1) is 15.5. The lowest BCUT2D eigenvalue weighted by Gasteiger charge is -2.32. The number of amides is 1. The van der Waals surface area contributed by atoms with Crippen molar-refractivity contribution in [2.45, 2.75) is 51.5 Å². The van der Waals surface area contributed by atoms with Gasteiger partial charge in [0.05, 0.1) is 0 Å². The number of benzene rings is 1. The van der Waals surface area contributed by atoms with Gasteiger partial charge in [0.2, 0.25) is 5.91 Å². The van der Waals surface area contributed by atoms with Gasteiger partial charge in [0, 0.05) is 13.0 Å². The maximum Gasteiger partial charge on any atom is 0.329 e. The van der Waals surface area contributed by atoms with Crippen molar-refractivity contribution >= 4 is 11.9 Å². The predicted octanol–water partition coefficient (Wildman–Crippen LogP) is 2.95. The maximum absolute atomic E-state index is 12.5. The van der Waals surface area contributed by atoms with Crippen LogP contribution < -0.4 is 0 Å². The largest absolute Gasteiger partial charge is 0.480 e. The lowest BCUT2D eigenvalue weighted by molar-refractivity contribution is -0.155. The van der Waals surface area contributed by atoms with E-state index in [9.17, 15) is 14.7 Å². The SMILES string of the molecule is Cc1ccccc1C(C)CC(=O)N1CCCC1(C)C(=O)O. The summed E-state index contributed by atoms with van der Waals surface area (Å²) in [6, 6.07) is 8.02. The van der Waals surface area contributed by atoms with E-state index in [2.05, 4.69) is 0 Å². The third-order valence-corrected chi connectivity index (χ3v) is 4.60. The second-order valence-corrected chi connectivity index (χ2v) is 6.19. The molecule has 1 aromatic carbocycles. The summed E-state index contributed by atoms with van der Waals surface area (Å²) in [5.41, 5.74) is 1.28. The zero-order valence-electron chi connectivity index (χ0n) is 12.9. The summed E-state index contributed by atoms with van der Waals surface area (Å²) in [5.74, 6) is -0.873. The van der Waals surface area contributed by atoms with Gasteiger partial charge in [-0.25, -0.2) is 4.79 Å². The highest BCUT2D eigenvalue weighted by Gasteiger charge is 2.45. The van der Waals surface area contributed by atoms with E-state index in [1.165, 1.54) is 5.56 Å². The Bertz CT molecular complexity index is 555. The summed E-state index contributed by atoms with van der Waals surface area (Å²) in [5, 5.41) is 9.39. The van der Waals surface area contributed by atoms with Gasteiger partial charge >= 0.3 is 5.97 Å². The van der Waals surface area contributed by atoms with Crippen LogP contribution in [0, 0.1) is 6.92 Å². The molecule has 0 radical (unpaired) electrons. The third-order valence-electron chi connectivity index (χ3n) is 4.60. The van der Waals surface area contributed by atoms with Crippen LogP contribution in [0.5, 0.6) is 0 Å². The van der Waals surface area contributed by atoms with Crippen molar-refractivity contribution in [2.75, 3.05) is 6.54 Å². The molecule has 0 saturated carbocycles. The fraction of sp³-hybridized carbons (Fsp3) is 0.529. The van der Waals surface area contributed by atoms with Crippen molar-refractivity contribution in [3.05, 3.63) is 35.4 Å². The molecule has 114 valence electrons. The molecule has 1 N–H and O–H groups in total. The summed E-state index contributed by atoms with van der Waals surface area (Å²) in [7, 11) is 0. The Labute approximate surface area is 125 Å². The minimum absolute atomic E-state index is 0.0619. The summed E-state index contributed by atoms with van der Waals surface area (Å²) in [6.45, 7) is 6.25. The molecule has 2 unspecified atom stereocenters. The number of aryl methyl sites for hydroxylation is 1. The molecule has 1 fully saturated rings. The quantitative estimate of drug-likeness (QED) is 0.927. The molecule has 0 spiro atoms. The molecular weight excluding hydrogens is 266 g/mol. The monoisotopic (exact) mass is 289 g/mol. The molecule has 4 nitrogen and oxygen atoms in total. The predicted molar refractivity (Wildman–Crippen MR) is 81.2 cm³/mol. The number of aliphatic carboxylic acids is 1. The van der Waals surface area contributed by atoms with E-state index in [1.807, 2.05) is 38.1 Å². The zero-order valence-corrected chi connectivity index (χ0v) is 12.9. The number of carbonyl (C=O) groups excluding carboxylic acids is 1. The highest BCUT2D eigenvalue weighted by molar-refractivity contribution is 5.87. The highest BCUT2D eigenvalue weighted by Crippen LogP contribution is 2.32. The molecule has 21 heavy (non-hydrogen) atoms. The molecule has 1 aliphatic heterocycles. The Morgan fingerprint density at radius 3 is 2.67 bits per heavy atom. The first-order chi connectivity index (χ1) is 9.86. The molecule has 1 aliphatic rings. The molecule has 2 rings (SSSR count). The fourth-order valence-corrected chi connectivity index (χ4v) is 3.21. The normalized spacial score (nSPS) is 23.1. The third kappa shape index (κ3) is 2.94. The van der Waals surface area contributed by atoms with Gasteiger partial charge in [-0.15, -0.1) is 0 Å². The Morgan fingerprint density at radius 1 is 1.38 bits per heavy atom. The first-order valence-electron chi connectivity index (χ1n) is 7.45. The molecule has 0 bridgehead atoms. The molecule has 1 saturated heterocycles. The molecule has 4 heteroatoms. The summed E-state index contributed by atoms with van der Waals surface area (Å²) in [6.07, 6.45) is 1.65. The number of carboxylic acids is 1. The number of hydrogen-bond acceptors (Lipinski definition) is 2. The molecule has 1 heterocycles. The van der Waals surface area contributed by atoms with E-state index < -0.39 is 11.5 Å². The van der Waals surface area contributed by atoms with Crippen molar-refractivity contribution in [3.8, 4) is 0 Å². The van der Waals surface area contributed by atoms with Gasteiger partial charge in [-0.05, 0) is 43.7 Å². The van der Waals surface area contributed by atoms with Crippen LogP contribution in [0.1, 0.15) is 50.2 Å². The number of rotatable bonds is 4. The van der Waals surface area contributed by atoms with E-state index in [-0.39, 0.29) is 11.8 Å². The number of nitrogens with zero attached hydrogens (tertiary/aromatic N) is 1. The Morgan fingerprint density at radius 2 is 2.05 bits per heavy atom. The zero-order chi connectivity index (χ0) is 15.6. The Kier molecular flexibility index (Phi) is 4.35. The van der Waals surface area contributed by atoms with E-state index in [0.29, 0.717) is 19.4 Å². The van der Waals surface area contributed by atoms with Crippen LogP contribution in [0.4, 0.5) is 0 Å². The van der Waals surface area contributed by atoms with Gasteiger partial charge in [-0.1, -0.05) is 31.2 Å². The fourth-order valence-electron chi connectivity index (χ4n) is 3.21. The number of hydrogen-bond donors (Lipinski definition) is 1.